The van der Waals surface area contributed by atoms with Gasteiger partial charge in [-0.1, -0.05) is 55.5 Å². The predicted octanol–water partition coefficient (Wildman–Crippen LogP) is 4.63. The maximum atomic E-state index is 13.3. The van der Waals surface area contributed by atoms with Gasteiger partial charge < -0.3 is 10.2 Å². The standard InChI is InChI=1S/C22H27ClN2O2S/c23-17-10-4-1-7-15(17)13-20-22(27)25(18-11-5-6-12-19(18)28-20)14-21(26)24-16-8-2-3-9-16/h1,4,7,10,13,16,18-19H,2-3,5-6,8-9,11-12,14H2,(H,24,26)/b20-13+. The van der Waals surface area contributed by atoms with E-state index in [1.165, 1.54) is 19.3 Å². The summed E-state index contributed by atoms with van der Waals surface area (Å²) in [7, 11) is 0. The van der Waals surface area contributed by atoms with Gasteiger partial charge in [0.2, 0.25) is 5.91 Å². The van der Waals surface area contributed by atoms with Crippen molar-refractivity contribution in [3.05, 3.63) is 39.8 Å². The minimum absolute atomic E-state index is 0.0198. The van der Waals surface area contributed by atoms with Crippen LogP contribution in [0.15, 0.2) is 29.2 Å². The highest BCUT2D eigenvalue weighted by atomic mass is 35.5. The summed E-state index contributed by atoms with van der Waals surface area (Å²) >= 11 is 7.97. The van der Waals surface area contributed by atoms with E-state index >= 15 is 0 Å². The average molecular weight is 419 g/mol. The van der Waals surface area contributed by atoms with Crippen molar-refractivity contribution < 1.29 is 9.59 Å². The minimum Gasteiger partial charge on any atom is -0.352 e. The van der Waals surface area contributed by atoms with E-state index in [4.69, 9.17) is 11.6 Å². The lowest BCUT2D eigenvalue weighted by Gasteiger charge is -2.44. The molecule has 3 fully saturated rings. The Morgan fingerprint density at radius 2 is 1.86 bits per heavy atom. The smallest absolute Gasteiger partial charge is 0.261 e. The number of fused-ring (bicyclic) bond motifs is 1. The van der Waals surface area contributed by atoms with Crippen LogP contribution in [0.4, 0.5) is 0 Å². The van der Waals surface area contributed by atoms with Crippen LogP contribution >= 0.6 is 23.4 Å². The zero-order chi connectivity index (χ0) is 19.5. The quantitative estimate of drug-likeness (QED) is 0.725. The van der Waals surface area contributed by atoms with Gasteiger partial charge in [-0.05, 0) is 43.4 Å². The molecule has 1 saturated heterocycles. The molecule has 1 aromatic rings. The molecule has 2 saturated carbocycles. The molecule has 0 spiro atoms. The summed E-state index contributed by atoms with van der Waals surface area (Å²) in [6.45, 7) is 0.164. The van der Waals surface area contributed by atoms with Crippen LogP contribution in [0.1, 0.15) is 56.9 Å². The van der Waals surface area contributed by atoms with E-state index in [1.54, 1.807) is 11.8 Å². The molecule has 0 aromatic heterocycles. The van der Waals surface area contributed by atoms with Crippen LogP contribution < -0.4 is 5.32 Å². The molecule has 1 heterocycles. The molecule has 0 radical (unpaired) electrons. The lowest BCUT2D eigenvalue weighted by Crippen LogP contribution is -2.55. The van der Waals surface area contributed by atoms with Crippen molar-refractivity contribution in [2.45, 2.75) is 68.7 Å². The monoisotopic (exact) mass is 418 g/mol. The molecule has 1 aromatic carbocycles. The molecule has 6 heteroatoms. The molecule has 28 heavy (non-hydrogen) atoms. The van der Waals surface area contributed by atoms with E-state index in [9.17, 15) is 9.59 Å². The molecule has 2 amide bonds. The second kappa shape index (κ2) is 8.91. The number of hydrogen-bond donors (Lipinski definition) is 1. The highest BCUT2D eigenvalue weighted by Crippen LogP contribution is 2.42. The largest absolute Gasteiger partial charge is 0.352 e. The molecular formula is C22H27ClN2O2S. The fourth-order valence-corrected chi connectivity index (χ4v) is 6.25. The Kier molecular flexibility index (Phi) is 6.32. The topological polar surface area (TPSA) is 49.4 Å². The average Bonchev–Trinajstić information content (AvgIpc) is 3.19. The molecule has 0 bridgehead atoms. The molecular weight excluding hydrogens is 392 g/mol. The van der Waals surface area contributed by atoms with Crippen LogP contribution in [0.2, 0.25) is 5.02 Å². The first-order chi connectivity index (χ1) is 13.6. The first-order valence-corrected chi connectivity index (χ1v) is 11.6. The summed E-state index contributed by atoms with van der Waals surface area (Å²) in [6, 6.07) is 8.00. The molecule has 4 rings (SSSR count). The fraction of sp³-hybridized carbons (Fsp3) is 0.545. The number of rotatable bonds is 4. The summed E-state index contributed by atoms with van der Waals surface area (Å²) < 4.78 is 0. The number of halogens is 1. The van der Waals surface area contributed by atoms with Gasteiger partial charge in [0.1, 0.15) is 6.54 Å². The van der Waals surface area contributed by atoms with Crippen molar-refractivity contribution in [2.75, 3.05) is 6.54 Å². The van der Waals surface area contributed by atoms with Crippen LogP contribution in [0.25, 0.3) is 6.08 Å². The third-order valence-electron chi connectivity index (χ3n) is 6.04. The van der Waals surface area contributed by atoms with Crippen molar-refractivity contribution in [3.63, 3.8) is 0 Å². The van der Waals surface area contributed by atoms with Gasteiger partial charge in [-0.15, -0.1) is 11.8 Å². The number of carbonyl (C=O) groups excluding carboxylic acids is 2. The Morgan fingerprint density at radius 3 is 2.64 bits per heavy atom. The third kappa shape index (κ3) is 4.41. The fourth-order valence-electron chi connectivity index (χ4n) is 4.59. The van der Waals surface area contributed by atoms with Crippen LogP contribution in [-0.4, -0.2) is 40.6 Å². The van der Waals surface area contributed by atoms with Gasteiger partial charge in [-0.2, -0.15) is 0 Å². The Hall–Kier alpha value is -1.46. The van der Waals surface area contributed by atoms with Crippen LogP contribution in [0, 0.1) is 0 Å². The van der Waals surface area contributed by atoms with Crippen LogP contribution in [-0.2, 0) is 9.59 Å². The van der Waals surface area contributed by atoms with Crippen molar-refractivity contribution in [1.29, 1.82) is 0 Å². The second-order valence-corrected chi connectivity index (χ2v) is 9.71. The molecule has 150 valence electrons. The lowest BCUT2D eigenvalue weighted by atomic mass is 9.93. The summed E-state index contributed by atoms with van der Waals surface area (Å²) in [4.78, 5) is 28.5. The normalized spacial score (nSPS) is 27.1. The molecule has 2 unspecified atom stereocenters. The number of benzene rings is 1. The van der Waals surface area contributed by atoms with Gasteiger partial charge in [0, 0.05) is 22.4 Å². The highest BCUT2D eigenvalue weighted by molar-refractivity contribution is 8.04. The number of thioether (sulfide) groups is 1. The Morgan fingerprint density at radius 1 is 1.14 bits per heavy atom. The van der Waals surface area contributed by atoms with E-state index in [0.717, 1.165) is 37.7 Å². The van der Waals surface area contributed by atoms with E-state index < -0.39 is 0 Å². The van der Waals surface area contributed by atoms with Gasteiger partial charge in [-0.3, -0.25) is 9.59 Å². The summed E-state index contributed by atoms with van der Waals surface area (Å²) in [6.07, 6.45) is 10.7. The number of nitrogens with zero attached hydrogens (tertiary/aromatic N) is 1. The van der Waals surface area contributed by atoms with Gasteiger partial charge in [0.15, 0.2) is 0 Å². The molecule has 2 atom stereocenters. The Balaban J connectivity index is 1.54. The number of nitrogens with one attached hydrogen (secondary N) is 1. The minimum atomic E-state index is -0.0327. The van der Waals surface area contributed by atoms with Gasteiger partial charge in [0.25, 0.3) is 5.91 Å². The van der Waals surface area contributed by atoms with E-state index in [2.05, 4.69) is 5.32 Å². The first-order valence-electron chi connectivity index (χ1n) is 10.3. The van der Waals surface area contributed by atoms with Crippen molar-refractivity contribution in [2.24, 2.45) is 0 Å². The molecule has 1 aliphatic heterocycles. The Labute approximate surface area is 176 Å². The summed E-state index contributed by atoms with van der Waals surface area (Å²) in [5, 5.41) is 4.13. The number of hydrogen-bond acceptors (Lipinski definition) is 3. The third-order valence-corrected chi connectivity index (χ3v) is 7.79. The SMILES string of the molecule is O=C(CN1C(=O)/C(=C\c2ccccc2Cl)SC2CCCCC21)NC1CCCC1. The predicted molar refractivity (Wildman–Crippen MR) is 115 cm³/mol. The first kappa shape index (κ1) is 19.8. The van der Waals surface area contributed by atoms with Crippen molar-refractivity contribution >= 4 is 41.3 Å². The molecule has 3 aliphatic rings. The summed E-state index contributed by atoms with van der Waals surface area (Å²) in [5.41, 5.74) is 0.852. The van der Waals surface area contributed by atoms with Gasteiger partial charge in [0.05, 0.1) is 4.91 Å². The highest BCUT2D eigenvalue weighted by Gasteiger charge is 2.41. The van der Waals surface area contributed by atoms with Crippen LogP contribution in [0.5, 0.6) is 0 Å². The molecule has 2 aliphatic carbocycles. The van der Waals surface area contributed by atoms with Gasteiger partial charge >= 0.3 is 0 Å². The van der Waals surface area contributed by atoms with Gasteiger partial charge in [-0.25, -0.2) is 0 Å². The maximum absolute atomic E-state index is 13.3. The van der Waals surface area contributed by atoms with Crippen molar-refractivity contribution in [1.82, 2.24) is 10.2 Å². The summed E-state index contributed by atoms with van der Waals surface area (Å²) in [5.74, 6) is -0.0526. The van der Waals surface area contributed by atoms with E-state index in [-0.39, 0.29) is 30.4 Å². The Bertz CT molecular complexity index is 776. The van der Waals surface area contributed by atoms with Crippen LogP contribution in [0.3, 0.4) is 0 Å². The maximum Gasteiger partial charge on any atom is 0.261 e. The van der Waals surface area contributed by atoms with E-state index in [1.807, 2.05) is 35.2 Å². The molecule has 1 N–H and O–H groups in total. The molecule has 4 nitrogen and oxygen atoms in total. The van der Waals surface area contributed by atoms with E-state index in [0.29, 0.717) is 15.2 Å². The van der Waals surface area contributed by atoms with Crippen molar-refractivity contribution in [3.8, 4) is 0 Å². The second-order valence-electron chi connectivity index (χ2n) is 8.02. The number of amides is 2. The zero-order valence-corrected chi connectivity index (χ0v) is 17.6. The number of carbonyl (C=O) groups is 2. The lowest BCUT2D eigenvalue weighted by molar-refractivity contribution is -0.135. The zero-order valence-electron chi connectivity index (χ0n) is 16.0.